The molecule has 1 aliphatic rings. The molecule has 14 heteroatoms. The number of benzene rings is 2. The lowest BCUT2D eigenvalue weighted by atomic mass is 9.89. The quantitative estimate of drug-likeness (QED) is 0.378. The molecule has 1 atom stereocenters. The fourth-order valence-electron chi connectivity index (χ4n) is 4.00. The molecule has 1 unspecified atom stereocenters. The van der Waals surface area contributed by atoms with Crippen molar-refractivity contribution in [3.05, 3.63) is 77.4 Å². The zero-order valence-electron chi connectivity index (χ0n) is 19.3. The van der Waals surface area contributed by atoms with Gasteiger partial charge in [-0.15, -0.1) is 0 Å². The van der Waals surface area contributed by atoms with Gasteiger partial charge in [0, 0.05) is 24.4 Å². The molecule has 2 heterocycles. The first-order chi connectivity index (χ1) is 17.5. The third-order valence-electron chi connectivity index (χ3n) is 5.99. The van der Waals surface area contributed by atoms with Crippen LogP contribution in [0, 0.1) is 0 Å². The van der Waals surface area contributed by atoms with Gasteiger partial charge in [-0.25, -0.2) is 13.4 Å². The van der Waals surface area contributed by atoms with E-state index in [-0.39, 0.29) is 15.7 Å². The van der Waals surface area contributed by atoms with Crippen LogP contribution in [0.4, 0.5) is 32.0 Å². The minimum atomic E-state index is -6.08. The van der Waals surface area contributed by atoms with Crippen molar-refractivity contribution < 1.29 is 39.9 Å². The first kappa shape index (κ1) is 27.9. The summed E-state index contributed by atoms with van der Waals surface area (Å²) in [6.07, 6.45) is -10.7. The predicted molar refractivity (Wildman–Crippen MR) is 129 cm³/mol. The monoisotopic (exact) mass is 577 g/mol. The Morgan fingerprint density at radius 2 is 1.50 bits per heavy atom. The van der Waals surface area contributed by atoms with Crippen LogP contribution in [-0.2, 0) is 9.84 Å². The van der Waals surface area contributed by atoms with Crippen molar-refractivity contribution >= 4 is 32.8 Å². The molecule has 0 spiro atoms. The molecule has 1 aromatic heterocycles. The van der Waals surface area contributed by atoms with Crippen LogP contribution in [0.1, 0.15) is 18.0 Å². The minimum Gasteiger partial charge on any atom is -0.369 e. The van der Waals surface area contributed by atoms with Crippen LogP contribution >= 0.6 is 11.6 Å². The second-order valence-electron chi connectivity index (χ2n) is 8.55. The molecule has 0 fully saturated rings. The van der Waals surface area contributed by atoms with Crippen molar-refractivity contribution in [1.82, 2.24) is 4.98 Å². The maximum Gasteiger partial charge on any atom is 0.431 e. The summed E-state index contributed by atoms with van der Waals surface area (Å²) in [6, 6.07) is 13.5. The number of para-hydroxylation sites is 1. The van der Waals surface area contributed by atoms with Crippen LogP contribution in [0.25, 0.3) is 11.1 Å². The van der Waals surface area contributed by atoms with E-state index in [2.05, 4.69) is 10.1 Å². The van der Waals surface area contributed by atoms with Gasteiger partial charge in [0.25, 0.3) is 5.60 Å². The smallest absolute Gasteiger partial charge is 0.369 e. The Morgan fingerprint density at radius 3 is 2.00 bits per heavy atom. The van der Waals surface area contributed by atoms with Crippen LogP contribution < -0.4 is 5.01 Å². The summed E-state index contributed by atoms with van der Waals surface area (Å²) in [5.74, 6) is 0. The first-order valence-corrected chi connectivity index (χ1v) is 13.0. The normalized spacial score (nSPS) is 17.0. The van der Waals surface area contributed by atoms with Gasteiger partial charge in [-0.3, -0.25) is 5.01 Å². The number of sulfone groups is 1. The van der Waals surface area contributed by atoms with Gasteiger partial charge in [0.05, 0.1) is 22.5 Å². The Labute approximate surface area is 218 Å². The fraction of sp³-hybridized carbons (Fsp3) is 0.250. The summed E-state index contributed by atoms with van der Waals surface area (Å²) in [4.78, 5) is 3.90. The van der Waals surface area contributed by atoms with E-state index >= 15 is 0 Å². The highest BCUT2D eigenvalue weighted by atomic mass is 35.5. The second kappa shape index (κ2) is 9.54. The third kappa shape index (κ3) is 4.97. The molecule has 4 rings (SSSR count). The molecule has 0 saturated heterocycles. The molecule has 38 heavy (non-hydrogen) atoms. The van der Waals surface area contributed by atoms with Crippen LogP contribution in [0.3, 0.4) is 0 Å². The largest absolute Gasteiger partial charge is 0.431 e. The molecule has 0 saturated carbocycles. The summed E-state index contributed by atoms with van der Waals surface area (Å²) >= 11 is 6.18. The Balaban J connectivity index is 1.75. The second-order valence-corrected chi connectivity index (χ2v) is 10.9. The van der Waals surface area contributed by atoms with E-state index in [0.717, 1.165) is 11.3 Å². The number of hydrogen-bond donors (Lipinski definition) is 1. The van der Waals surface area contributed by atoms with Crippen molar-refractivity contribution in [3.63, 3.8) is 0 Å². The molecule has 0 bridgehead atoms. The van der Waals surface area contributed by atoms with Crippen LogP contribution in [0.5, 0.6) is 0 Å². The molecule has 2 aromatic carbocycles. The molecule has 0 amide bonds. The van der Waals surface area contributed by atoms with Gasteiger partial charge in [0.2, 0.25) is 0 Å². The fourth-order valence-corrected chi connectivity index (χ4v) is 4.79. The highest BCUT2D eigenvalue weighted by Gasteiger charge is 2.74. The van der Waals surface area contributed by atoms with Gasteiger partial charge in [-0.05, 0) is 35.4 Å². The standard InChI is InChI=1S/C24H18ClF6N3O3S/c1-38(36,37)21-11-10-16(13-32-21)14-6-8-15(9-7-14)19-12-20(22(35,23(26,27)28)24(29,30)31)33-34(19)18-5-3-2-4-17(18)25/h2-11,13,19,35H,12H2,1H3. The van der Waals surface area contributed by atoms with Gasteiger partial charge in [-0.2, -0.15) is 31.4 Å². The third-order valence-corrected chi connectivity index (χ3v) is 7.31. The molecule has 3 aromatic rings. The maximum atomic E-state index is 13.6. The number of rotatable bonds is 5. The number of aromatic nitrogens is 1. The maximum absolute atomic E-state index is 13.6. The van der Waals surface area contributed by atoms with Crippen LogP contribution in [-0.4, -0.2) is 48.4 Å². The molecule has 202 valence electrons. The van der Waals surface area contributed by atoms with Crippen LogP contribution in [0.2, 0.25) is 5.02 Å². The van der Waals surface area contributed by atoms with Crippen molar-refractivity contribution in [2.24, 2.45) is 5.10 Å². The molecule has 6 nitrogen and oxygen atoms in total. The number of halogens is 7. The summed E-state index contributed by atoms with van der Waals surface area (Å²) < 4.78 is 105. The number of hydrazone groups is 1. The summed E-state index contributed by atoms with van der Waals surface area (Å²) in [5.41, 5.74) is -5.26. The molecule has 1 aliphatic heterocycles. The van der Waals surface area contributed by atoms with Gasteiger partial charge >= 0.3 is 12.4 Å². The average Bonchev–Trinajstić information content (AvgIpc) is 3.27. The van der Waals surface area contributed by atoms with Crippen molar-refractivity contribution in [2.45, 2.75) is 35.4 Å². The molecule has 0 radical (unpaired) electrons. The first-order valence-electron chi connectivity index (χ1n) is 10.8. The van der Waals surface area contributed by atoms with Crippen molar-refractivity contribution in [1.29, 1.82) is 0 Å². The summed E-state index contributed by atoms with van der Waals surface area (Å²) in [5, 5.41) is 14.4. The molecule has 0 aliphatic carbocycles. The SMILES string of the molecule is CS(=O)(=O)c1ccc(-c2ccc(C3CC(C(O)(C(F)(F)F)C(F)(F)F)=NN3c3ccccc3Cl)cc2)cn1. The number of pyridine rings is 1. The van der Waals surface area contributed by atoms with E-state index in [1.807, 2.05) is 0 Å². The van der Waals surface area contributed by atoms with Gasteiger partial charge in [0.15, 0.2) is 14.9 Å². The molecular formula is C24H18ClF6N3O3S. The number of aliphatic hydroxyl groups is 1. The zero-order chi connectivity index (χ0) is 28.1. The topological polar surface area (TPSA) is 82.9 Å². The lowest BCUT2D eigenvalue weighted by molar-refractivity contribution is -0.338. The summed E-state index contributed by atoms with van der Waals surface area (Å²) in [6.45, 7) is 0. The number of alkyl halides is 6. The lowest BCUT2D eigenvalue weighted by Gasteiger charge is -2.32. The summed E-state index contributed by atoms with van der Waals surface area (Å²) in [7, 11) is -3.51. The van der Waals surface area contributed by atoms with Crippen LogP contribution in [0.15, 0.2) is 77.0 Å². The van der Waals surface area contributed by atoms with Gasteiger partial charge in [-0.1, -0.05) is 48.0 Å². The highest BCUT2D eigenvalue weighted by Crippen LogP contribution is 2.49. The minimum absolute atomic E-state index is 0.0266. The Morgan fingerprint density at radius 1 is 0.921 bits per heavy atom. The van der Waals surface area contributed by atoms with E-state index in [1.54, 1.807) is 12.1 Å². The van der Waals surface area contributed by atoms with E-state index in [0.29, 0.717) is 16.7 Å². The number of anilines is 1. The van der Waals surface area contributed by atoms with Gasteiger partial charge < -0.3 is 5.11 Å². The number of nitrogens with zero attached hydrogens (tertiary/aromatic N) is 3. The zero-order valence-corrected chi connectivity index (χ0v) is 20.9. The van der Waals surface area contributed by atoms with Crippen molar-refractivity contribution in [3.8, 4) is 11.1 Å². The average molecular weight is 578 g/mol. The number of hydrogen-bond acceptors (Lipinski definition) is 6. The van der Waals surface area contributed by atoms with Gasteiger partial charge in [0.1, 0.15) is 0 Å². The Bertz CT molecular complexity index is 1460. The van der Waals surface area contributed by atoms with E-state index in [9.17, 15) is 39.9 Å². The Kier molecular flexibility index (Phi) is 7.00. The van der Waals surface area contributed by atoms with E-state index in [1.165, 1.54) is 54.7 Å². The van der Waals surface area contributed by atoms with E-state index < -0.39 is 46.0 Å². The lowest BCUT2D eigenvalue weighted by Crippen LogP contribution is -2.62. The van der Waals surface area contributed by atoms with Crippen molar-refractivity contribution in [2.75, 3.05) is 11.3 Å². The molecular weight excluding hydrogens is 560 g/mol. The Hall–Kier alpha value is -3.16. The predicted octanol–water partition coefficient (Wildman–Crippen LogP) is 5.97. The molecule has 1 N–H and O–H groups in total. The van der Waals surface area contributed by atoms with E-state index in [4.69, 9.17) is 11.6 Å². The highest BCUT2D eigenvalue weighted by molar-refractivity contribution is 7.90.